The van der Waals surface area contributed by atoms with Crippen LogP contribution in [0, 0.1) is 6.92 Å². The molecule has 7 nitrogen and oxygen atoms in total. The molecule has 2 N–H and O–H groups in total. The third-order valence-electron chi connectivity index (χ3n) is 4.40. The fraction of sp³-hybridized carbons (Fsp3) is 0.160. The van der Waals surface area contributed by atoms with E-state index < -0.39 is 0 Å². The van der Waals surface area contributed by atoms with Crippen LogP contribution in [0.5, 0.6) is 11.5 Å². The normalized spacial score (nSPS) is 10.6. The largest absolute Gasteiger partial charge is 0.490 e. The van der Waals surface area contributed by atoms with E-state index in [2.05, 4.69) is 15.8 Å². The number of rotatable bonds is 9. The molecule has 0 atom stereocenters. The topological polar surface area (TPSA) is 89.0 Å². The second-order valence-electron chi connectivity index (χ2n) is 7.03. The Balaban J connectivity index is 1.66. The molecule has 8 heteroatoms. The Morgan fingerprint density at radius 2 is 1.82 bits per heavy atom. The molecule has 0 radical (unpaired) electrons. The molecular formula is C25H24ClN3O4. The van der Waals surface area contributed by atoms with Gasteiger partial charge in [-0.3, -0.25) is 9.59 Å². The van der Waals surface area contributed by atoms with Gasteiger partial charge in [-0.05, 0) is 61.4 Å². The van der Waals surface area contributed by atoms with E-state index >= 15 is 0 Å². The molecule has 0 saturated heterocycles. The van der Waals surface area contributed by atoms with Crippen molar-refractivity contribution in [1.82, 2.24) is 5.43 Å². The van der Waals surface area contributed by atoms with Gasteiger partial charge in [0.2, 0.25) is 0 Å². The number of amides is 2. The van der Waals surface area contributed by atoms with E-state index in [1.54, 1.807) is 42.5 Å². The molecule has 33 heavy (non-hydrogen) atoms. The lowest BCUT2D eigenvalue weighted by molar-refractivity contribution is -0.118. The zero-order chi connectivity index (χ0) is 23.6. The van der Waals surface area contributed by atoms with E-state index in [9.17, 15) is 9.59 Å². The highest BCUT2D eigenvalue weighted by molar-refractivity contribution is 6.32. The van der Waals surface area contributed by atoms with Crippen LogP contribution in [0.1, 0.15) is 28.4 Å². The van der Waals surface area contributed by atoms with Gasteiger partial charge in [-0.15, -0.1) is 0 Å². The summed E-state index contributed by atoms with van der Waals surface area (Å²) >= 11 is 6.39. The molecule has 0 heterocycles. The molecule has 0 unspecified atom stereocenters. The maximum Gasteiger partial charge on any atom is 0.271 e. The monoisotopic (exact) mass is 465 g/mol. The van der Waals surface area contributed by atoms with E-state index in [1.807, 2.05) is 38.1 Å². The van der Waals surface area contributed by atoms with Crippen LogP contribution in [-0.4, -0.2) is 31.2 Å². The van der Waals surface area contributed by atoms with Crippen molar-refractivity contribution in [1.29, 1.82) is 0 Å². The summed E-state index contributed by atoms with van der Waals surface area (Å²) < 4.78 is 11.3. The Hall–Kier alpha value is -3.84. The molecule has 0 saturated carbocycles. The summed E-state index contributed by atoms with van der Waals surface area (Å²) in [6, 6.07) is 19.5. The molecule has 0 bridgehead atoms. The van der Waals surface area contributed by atoms with Gasteiger partial charge in [-0.1, -0.05) is 41.9 Å². The lowest BCUT2D eigenvalue weighted by Gasteiger charge is -2.14. The fourth-order valence-electron chi connectivity index (χ4n) is 2.94. The molecule has 170 valence electrons. The molecule has 0 aliphatic rings. The number of hydrazone groups is 1. The van der Waals surface area contributed by atoms with Crippen LogP contribution in [0.2, 0.25) is 5.02 Å². The first kappa shape index (κ1) is 23.8. The average Bonchev–Trinajstić information content (AvgIpc) is 2.79. The number of nitrogens with zero attached hydrogens (tertiary/aromatic N) is 1. The summed E-state index contributed by atoms with van der Waals surface area (Å²) in [5.74, 6) is -0.0384. The highest BCUT2D eigenvalue weighted by atomic mass is 35.5. The fourth-order valence-corrected chi connectivity index (χ4v) is 3.22. The Kier molecular flexibility index (Phi) is 8.43. The van der Waals surface area contributed by atoms with Crippen molar-refractivity contribution in [3.8, 4) is 11.5 Å². The summed E-state index contributed by atoms with van der Waals surface area (Å²) in [5, 5.41) is 7.00. The number of ether oxygens (including phenoxy) is 2. The van der Waals surface area contributed by atoms with Crippen LogP contribution in [0.15, 0.2) is 71.8 Å². The van der Waals surface area contributed by atoms with Crippen LogP contribution in [-0.2, 0) is 4.79 Å². The summed E-state index contributed by atoms with van der Waals surface area (Å²) in [4.78, 5) is 24.4. The van der Waals surface area contributed by atoms with Crippen molar-refractivity contribution < 1.29 is 19.1 Å². The molecule has 0 aliphatic carbocycles. The first-order valence-corrected chi connectivity index (χ1v) is 10.7. The Bertz CT molecular complexity index is 1150. The maximum atomic E-state index is 12.3. The summed E-state index contributed by atoms with van der Waals surface area (Å²) in [7, 11) is 0. The summed E-state index contributed by atoms with van der Waals surface area (Å²) in [6.07, 6.45) is 1.45. The number of benzene rings is 3. The predicted molar refractivity (Wildman–Crippen MR) is 129 cm³/mol. The van der Waals surface area contributed by atoms with Crippen molar-refractivity contribution in [2.24, 2.45) is 5.10 Å². The van der Waals surface area contributed by atoms with Gasteiger partial charge >= 0.3 is 0 Å². The molecule has 0 aliphatic heterocycles. The summed E-state index contributed by atoms with van der Waals surface area (Å²) in [5.41, 5.74) is 5.27. The van der Waals surface area contributed by atoms with Gasteiger partial charge in [0.05, 0.1) is 17.8 Å². The molecule has 0 fully saturated rings. The quantitative estimate of drug-likeness (QED) is 0.350. The van der Waals surface area contributed by atoms with Crippen LogP contribution in [0.4, 0.5) is 5.69 Å². The van der Waals surface area contributed by atoms with E-state index in [-0.39, 0.29) is 29.2 Å². The minimum Gasteiger partial charge on any atom is -0.490 e. The van der Waals surface area contributed by atoms with E-state index in [4.69, 9.17) is 21.1 Å². The van der Waals surface area contributed by atoms with Gasteiger partial charge < -0.3 is 14.8 Å². The third-order valence-corrected chi connectivity index (χ3v) is 4.68. The smallest absolute Gasteiger partial charge is 0.271 e. The number of halogens is 1. The Labute approximate surface area is 197 Å². The molecular weight excluding hydrogens is 442 g/mol. The number of hydrogen-bond acceptors (Lipinski definition) is 5. The van der Waals surface area contributed by atoms with Crippen LogP contribution in [0.25, 0.3) is 0 Å². The second-order valence-corrected chi connectivity index (χ2v) is 7.44. The van der Waals surface area contributed by atoms with Crippen molar-refractivity contribution >= 4 is 35.3 Å². The van der Waals surface area contributed by atoms with Gasteiger partial charge in [0.25, 0.3) is 11.8 Å². The first-order chi connectivity index (χ1) is 16.0. The van der Waals surface area contributed by atoms with Crippen LogP contribution in [0.3, 0.4) is 0 Å². The lowest BCUT2D eigenvalue weighted by Crippen LogP contribution is -2.20. The van der Waals surface area contributed by atoms with Crippen molar-refractivity contribution in [2.45, 2.75) is 13.8 Å². The Morgan fingerprint density at radius 3 is 2.55 bits per heavy atom. The standard InChI is InChI=1S/C25H24ClN3O4/c1-3-32-22-14-18(15-27-29-25(31)19-9-5-4-6-10-19)13-21(26)24(22)33-16-23(30)28-20-11-7-8-17(2)12-20/h4-15H,3,16H2,1-2H3,(H,28,30)(H,29,31)/b27-15+. The second kappa shape index (κ2) is 11.7. The molecule has 0 spiro atoms. The number of carbonyl (C=O) groups is 2. The number of nitrogens with one attached hydrogen (secondary N) is 2. The highest BCUT2D eigenvalue weighted by Gasteiger charge is 2.14. The molecule has 3 rings (SSSR count). The zero-order valence-electron chi connectivity index (χ0n) is 18.3. The van der Waals surface area contributed by atoms with Crippen LogP contribution >= 0.6 is 11.6 Å². The Morgan fingerprint density at radius 1 is 1.03 bits per heavy atom. The van der Waals surface area contributed by atoms with Gasteiger partial charge in [0.1, 0.15) is 0 Å². The first-order valence-electron chi connectivity index (χ1n) is 10.3. The van der Waals surface area contributed by atoms with Crippen LogP contribution < -0.4 is 20.2 Å². The molecule has 3 aromatic rings. The number of carbonyl (C=O) groups excluding carboxylic acids is 2. The van der Waals surface area contributed by atoms with Gasteiger partial charge in [0.15, 0.2) is 18.1 Å². The SMILES string of the molecule is CCOc1cc(/C=N/NC(=O)c2ccccc2)cc(Cl)c1OCC(=O)Nc1cccc(C)c1. The maximum absolute atomic E-state index is 12.3. The van der Waals surface area contributed by atoms with Crippen molar-refractivity contribution in [2.75, 3.05) is 18.5 Å². The predicted octanol–water partition coefficient (Wildman–Crippen LogP) is 4.83. The van der Waals surface area contributed by atoms with Crippen molar-refractivity contribution in [3.63, 3.8) is 0 Å². The van der Waals surface area contributed by atoms with E-state index in [0.717, 1.165) is 5.56 Å². The lowest BCUT2D eigenvalue weighted by atomic mass is 10.2. The molecule has 2 amide bonds. The van der Waals surface area contributed by atoms with E-state index in [0.29, 0.717) is 29.2 Å². The van der Waals surface area contributed by atoms with E-state index in [1.165, 1.54) is 6.21 Å². The average molecular weight is 466 g/mol. The molecule has 0 aromatic heterocycles. The highest BCUT2D eigenvalue weighted by Crippen LogP contribution is 2.36. The van der Waals surface area contributed by atoms with Gasteiger partial charge in [0, 0.05) is 11.3 Å². The molecule has 3 aromatic carbocycles. The third kappa shape index (κ3) is 7.08. The summed E-state index contributed by atoms with van der Waals surface area (Å²) in [6.45, 7) is 3.89. The van der Waals surface area contributed by atoms with Gasteiger partial charge in [-0.25, -0.2) is 5.43 Å². The number of hydrogen-bond donors (Lipinski definition) is 2. The minimum absolute atomic E-state index is 0.242. The zero-order valence-corrected chi connectivity index (χ0v) is 19.1. The number of aryl methyl sites for hydroxylation is 1. The minimum atomic E-state index is -0.331. The van der Waals surface area contributed by atoms with Crippen molar-refractivity contribution in [3.05, 3.63) is 88.4 Å². The number of anilines is 1. The van der Waals surface area contributed by atoms with Gasteiger partial charge in [-0.2, -0.15) is 5.10 Å².